The lowest BCUT2D eigenvalue weighted by atomic mass is 10.1. The van der Waals surface area contributed by atoms with Crippen molar-refractivity contribution in [3.63, 3.8) is 0 Å². The molecule has 0 unspecified atom stereocenters. The van der Waals surface area contributed by atoms with Crippen molar-refractivity contribution in [2.45, 2.75) is 6.18 Å². The summed E-state index contributed by atoms with van der Waals surface area (Å²) < 4.78 is 49.9. The molecule has 0 saturated carbocycles. The van der Waals surface area contributed by atoms with Crippen LogP contribution in [0.25, 0.3) is 6.08 Å². The highest BCUT2D eigenvalue weighted by atomic mass is 79.9. The number of imide groups is 1. The lowest BCUT2D eigenvalue weighted by Crippen LogP contribution is -2.36. The van der Waals surface area contributed by atoms with Gasteiger partial charge in [0.2, 0.25) is 5.91 Å². The molecule has 1 N–H and O–H groups in total. The van der Waals surface area contributed by atoms with E-state index in [-0.39, 0.29) is 27.1 Å². The predicted molar refractivity (Wildman–Crippen MR) is 125 cm³/mol. The molecular weight excluding hydrogens is 565 g/mol. The highest BCUT2D eigenvalue weighted by Gasteiger charge is 2.37. The Labute approximate surface area is 209 Å². The maximum Gasteiger partial charge on any atom is 0.416 e. The van der Waals surface area contributed by atoms with Crippen LogP contribution in [0, 0.1) is 0 Å². The fraction of sp³-hybridized carbons (Fsp3) is 0.190. The van der Waals surface area contributed by atoms with Crippen LogP contribution in [-0.4, -0.2) is 42.7 Å². The van der Waals surface area contributed by atoms with Crippen molar-refractivity contribution < 1.29 is 37.0 Å². The van der Waals surface area contributed by atoms with E-state index in [0.717, 1.165) is 12.1 Å². The Morgan fingerprint density at radius 2 is 1.91 bits per heavy atom. The molecule has 3 amide bonds. The molecule has 2 aromatic carbocycles. The molecule has 0 aromatic heterocycles. The first-order valence-corrected chi connectivity index (χ1v) is 11.3. The summed E-state index contributed by atoms with van der Waals surface area (Å²) in [7, 11) is 2.62. The van der Waals surface area contributed by atoms with E-state index in [9.17, 15) is 27.6 Å². The summed E-state index contributed by atoms with van der Waals surface area (Å²) in [4.78, 5) is 38.3. The molecule has 0 aliphatic carbocycles. The molecule has 0 bridgehead atoms. The summed E-state index contributed by atoms with van der Waals surface area (Å²) >= 11 is 10.0. The van der Waals surface area contributed by atoms with Gasteiger partial charge in [-0.05, 0) is 48.2 Å². The highest BCUT2D eigenvalue weighted by Crippen LogP contribution is 2.38. The van der Waals surface area contributed by atoms with E-state index in [4.69, 9.17) is 21.1 Å². The van der Waals surface area contributed by atoms with Gasteiger partial charge in [0.25, 0.3) is 11.1 Å². The average molecular weight is 580 g/mol. The predicted octanol–water partition coefficient (Wildman–Crippen LogP) is 5.81. The molecule has 34 heavy (non-hydrogen) atoms. The zero-order chi connectivity index (χ0) is 25.2. The molecule has 1 aliphatic rings. The number of hydrogen-bond donors (Lipinski definition) is 1. The van der Waals surface area contributed by atoms with E-state index >= 15 is 0 Å². The summed E-state index contributed by atoms with van der Waals surface area (Å²) in [5.41, 5.74) is -0.830. The first-order chi connectivity index (χ1) is 15.9. The van der Waals surface area contributed by atoms with Crippen LogP contribution in [0.1, 0.15) is 11.1 Å². The summed E-state index contributed by atoms with van der Waals surface area (Å²) in [6.45, 7) is -0.711. The molecule has 1 heterocycles. The number of rotatable bonds is 6. The molecule has 0 spiro atoms. The normalized spacial score (nSPS) is 15.1. The van der Waals surface area contributed by atoms with Crippen molar-refractivity contribution in [1.82, 2.24) is 4.90 Å². The van der Waals surface area contributed by atoms with Gasteiger partial charge in [0.05, 0.1) is 35.4 Å². The minimum atomic E-state index is -4.64. The SMILES string of the molecule is COc1ccc(C(F)(F)F)cc1NC(=O)CN1C(=O)S/C(=C\c2cc(Br)cc(Cl)c2OC)C1=O. The quantitative estimate of drug-likeness (QED) is 0.435. The number of anilines is 1. The molecule has 7 nitrogen and oxygen atoms in total. The van der Waals surface area contributed by atoms with Crippen LogP contribution in [0.5, 0.6) is 11.5 Å². The number of nitrogens with one attached hydrogen (secondary N) is 1. The minimum Gasteiger partial charge on any atom is -0.495 e. The number of alkyl halides is 3. The van der Waals surface area contributed by atoms with E-state index in [1.54, 1.807) is 12.1 Å². The summed E-state index contributed by atoms with van der Waals surface area (Å²) in [5.74, 6) is -1.37. The fourth-order valence-corrected chi connectivity index (χ4v) is 4.74. The molecule has 180 valence electrons. The van der Waals surface area contributed by atoms with Gasteiger partial charge in [0.15, 0.2) is 0 Å². The van der Waals surface area contributed by atoms with Crippen LogP contribution >= 0.6 is 39.3 Å². The molecule has 13 heteroatoms. The van der Waals surface area contributed by atoms with Crippen molar-refractivity contribution in [2.75, 3.05) is 26.1 Å². The number of amides is 3. The van der Waals surface area contributed by atoms with E-state index in [0.29, 0.717) is 32.8 Å². The standard InChI is InChI=1S/C21H15BrClF3N2O5S/c1-32-15-4-3-11(21(24,25)26)7-14(15)27-17(29)9-28-19(30)16(34-20(28)31)6-10-5-12(22)8-13(23)18(10)33-2/h3-8H,9H2,1-2H3,(H,27,29)/b16-6-. The molecule has 2 aromatic rings. The van der Waals surface area contributed by atoms with Gasteiger partial charge in [-0.1, -0.05) is 27.5 Å². The second-order valence-electron chi connectivity index (χ2n) is 6.74. The second kappa shape index (κ2) is 10.3. The third-order valence-corrected chi connectivity index (χ3v) is 6.15. The summed E-state index contributed by atoms with van der Waals surface area (Å²) in [6, 6.07) is 5.78. The number of thioether (sulfide) groups is 1. The minimum absolute atomic E-state index is 0.0157. The number of ether oxygens (including phenoxy) is 2. The van der Waals surface area contributed by atoms with Crippen molar-refractivity contribution in [1.29, 1.82) is 0 Å². The zero-order valence-corrected chi connectivity index (χ0v) is 20.6. The van der Waals surface area contributed by atoms with Crippen LogP contribution in [-0.2, 0) is 15.8 Å². The zero-order valence-electron chi connectivity index (χ0n) is 17.5. The second-order valence-corrected chi connectivity index (χ2v) is 9.06. The molecule has 0 radical (unpaired) electrons. The van der Waals surface area contributed by atoms with Gasteiger partial charge in [-0.25, -0.2) is 0 Å². The maximum atomic E-state index is 13.0. The number of halogens is 5. The maximum absolute atomic E-state index is 13.0. The number of carbonyl (C=O) groups is 3. The van der Waals surface area contributed by atoms with Gasteiger partial charge < -0.3 is 14.8 Å². The average Bonchev–Trinajstić information content (AvgIpc) is 3.00. The van der Waals surface area contributed by atoms with Gasteiger partial charge in [0, 0.05) is 10.0 Å². The summed E-state index contributed by atoms with van der Waals surface area (Å²) in [6.07, 6.45) is -3.24. The molecule has 0 atom stereocenters. The van der Waals surface area contributed by atoms with Crippen molar-refractivity contribution in [3.05, 3.63) is 55.9 Å². The Kier molecular flexibility index (Phi) is 7.84. The molecular formula is C21H15BrClF3N2O5S. The summed E-state index contributed by atoms with van der Waals surface area (Å²) in [5, 5.41) is 1.81. The molecule has 3 rings (SSSR count). The smallest absolute Gasteiger partial charge is 0.416 e. The van der Waals surface area contributed by atoms with Crippen molar-refractivity contribution >= 4 is 68.1 Å². The number of benzene rings is 2. The van der Waals surface area contributed by atoms with Crippen LogP contribution in [0.3, 0.4) is 0 Å². The number of hydrogen-bond acceptors (Lipinski definition) is 6. The van der Waals surface area contributed by atoms with E-state index in [1.165, 1.54) is 20.3 Å². The monoisotopic (exact) mass is 578 g/mol. The Morgan fingerprint density at radius 3 is 2.53 bits per heavy atom. The van der Waals surface area contributed by atoms with E-state index in [2.05, 4.69) is 21.2 Å². The van der Waals surface area contributed by atoms with Crippen molar-refractivity contribution in [3.8, 4) is 11.5 Å². The number of methoxy groups -OCH3 is 2. The Balaban J connectivity index is 1.81. The van der Waals surface area contributed by atoms with Gasteiger partial charge in [0.1, 0.15) is 18.0 Å². The topological polar surface area (TPSA) is 84.9 Å². The lowest BCUT2D eigenvalue weighted by Gasteiger charge is -2.16. The largest absolute Gasteiger partial charge is 0.495 e. The first kappa shape index (κ1) is 25.9. The van der Waals surface area contributed by atoms with E-state index in [1.807, 2.05) is 0 Å². The van der Waals surface area contributed by atoms with Crippen LogP contribution in [0.15, 0.2) is 39.7 Å². The third kappa shape index (κ3) is 5.68. The van der Waals surface area contributed by atoms with Gasteiger partial charge in [-0.2, -0.15) is 13.2 Å². The Bertz CT molecular complexity index is 1210. The van der Waals surface area contributed by atoms with Crippen LogP contribution in [0.2, 0.25) is 5.02 Å². The molecule has 1 saturated heterocycles. The molecule has 1 fully saturated rings. The lowest BCUT2D eigenvalue weighted by molar-refractivity contribution is -0.137. The first-order valence-electron chi connectivity index (χ1n) is 9.28. The number of carbonyl (C=O) groups excluding carboxylic acids is 3. The van der Waals surface area contributed by atoms with Gasteiger partial charge in [-0.15, -0.1) is 0 Å². The Hall–Kier alpha value is -2.70. The fourth-order valence-electron chi connectivity index (χ4n) is 3.00. The molecule has 1 aliphatic heterocycles. The van der Waals surface area contributed by atoms with Crippen molar-refractivity contribution in [2.24, 2.45) is 0 Å². The third-order valence-electron chi connectivity index (χ3n) is 4.50. The highest BCUT2D eigenvalue weighted by molar-refractivity contribution is 9.10. The van der Waals surface area contributed by atoms with Crippen LogP contribution < -0.4 is 14.8 Å². The van der Waals surface area contributed by atoms with Crippen LogP contribution in [0.4, 0.5) is 23.7 Å². The van der Waals surface area contributed by atoms with E-state index < -0.39 is 35.3 Å². The Morgan fingerprint density at radius 1 is 1.21 bits per heavy atom. The van der Waals surface area contributed by atoms with Gasteiger partial charge in [-0.3, -0.25) is 19.3 Å². The number of nitrogens with zero attached hydrogens (tertiary/aromatic N) is 1. The van der Waals surface area contributed by atoms with Gasteiger partial charge >= 0.3 is 6.18 Å².